The monoisotopic (exact) mass is 387 g/mol. The van der Waals surface area contributed by atoms with Gasteiger partial charge in [0.1, 0.15) is 11.9 Å². The van der Waals surface area contributed by atoms with Crippen LogP contribution >= 0.6 is 0 Å². The highest BCUT2D eigenvalue weighted by Crippen LogP contribution is 2.26. The number of carbonyl (C=O) groups excluding carboxylic acids is 1. The number of carbonyl (C=O) groups is 1. The summed E-state index contributed by atoms with van der Waals surface area (Å²) >= 11 is 0. The number of anilines is 2. The van der Waals surface area contributed by atoms with Gasteiger partial charge in [0, 0.05) is 41.9 Å². The van der Waals surface area contributed by atoms with Gasteiger partial charge in [-0.15, -0.1) is 0 Å². The van der Waals surface area contributed by atoms with Crippen LogP contribution in [0.3, 0.4) is 0 Å². The van der Waals surface area contributed by atoms with Crippen LogP contribution in [-0.4, -0.2) is 25.5 Å². The Labute approximate surface area is 167 Å². The van der Waals surface area contributed by atoms with Crippen molar-refractivity contribution in [2.75, 3.05) is 11.1 Å². The lowest BCUT2D eigenvalue weighted by Crippen LogP contribution is -2.11. The van der Waals surface area contributed by atoms with Crippen molar-refractivity contribution in [1.82, 2.24) is 14.5 Å². The van der Waals surface area contributed by atoms with Crippen LogP contribution in [0.15, 0.2) is 60.9 Å². The lowest BCUT2D eigenvalue weighted by Gasteiger charge is -2.09. The number of aromatic nitrogens is 3. The molecule has 4 rings (SSSR count). The molecule has 0 saturated carbocycles. The molecule has 0 bridgehead atoms. The summed E-state index contributed by atoms with van der Waals surface area (Å²) in [6, 6.07) is 14.4. The summed E-state index contributed by atoms with van der Waals surface area (Å²) in [5, 5.41) is 12.7. The average molecular weight is 387 g/mol. The van der Waals surface area contributed by atoms with Gasteiger partial charge >= 0.3 is 0 Å². The number of imidazole rings is 1. The number of aliphatic hydroxyl groups excluding tert-OH is 1. The van der Waals surface area contributed by atoms with E-state index in [-0.39, 0.29) is 5.91 Å². The highest BCUT2D eigenvalue weighted by Gasteiger charge is 2.14. The van der Waals surface area contributed by atoms with E-state index in [1.54, 1.807) is 43.6 Å². The predicted molar refractivity (Wildman–Crippen MR) is 113 cm³/mol. The van der Waals surface area contributed by atoms with Crippen molar-refractivity contribution in [3.63, 3.8) is 0 Å². The summed E-state index contributed by atoms with van der Waals surface area (Å²) in [4.78, 5) is 21.3. The minimum Gasteiger partial charge on any atom is -0.398 e. The molecule has 2 aromatic heterocycles. The number of amides is 1. The Morgan fingerprint density at radius 3 is 2.79 bits per heavy atom. The van der Waals surface area contributed by atoms with E-state index in [1.165, 1.54) is 0 Å². The quantitative estimate of drug-likeness (QED) is 0.497. The molecule has 1 atom stereocenters. The average Bonchev–Trinajstić information content (AvgIpc) is 3.05. The van der Waals surface area contributed by atoms with E-state index in [1.807, 2.05) is 35.9 Å². The SMILES string of the molecule is CC(O)c1nc2cc(NC(=O)c3cccc(-c4cnccc4N)c3)ccc2n1C. The van der Waals surface area contributed by atoms with Gasteiger partial charge in [0.15, 0.2) is 0 Å². The number of hydrogen-bond acceptors (Lipinski definition) is 5. The summed E-state index contributed by atoms with van der Waals surface area (Å²) in [5.41, 5.74) is 11.0. The number of aryl methyl sites for hydroxylation is 1. The molecule has 1 unspecified atom stereocenters. The van der Waals surface area contributed by atoms with Gasteiger partial charge in [-0.1, -0.05) is 12.1 Å². The van der Waals surface area contributed by atoms with E-state index < -0.39 is 6.10 Å². The number of fused-ring (bicyclic) bond motifs is 1. The van der Waals surface area contributed by atoms with E-state index in [4.69, 9.17) is 5.73 Å². The summed E-state index contributed by atoms with van der Waals surface area (Å²) in [6.07, 6.45) is 2.64. The summed E-state index contributed by atoms with van der Waals surface area (Å²) < 4.78 is 1.84. The van der Waals surface area contributed by atoms with Crippen LogP contribution in [0.4, 0.5) is 11.4 Å². The van der Waals surface area contributed by atoms with Gasteiger partial charge in [0.05, 0.1) is 11.0 Å². The minimum atomic E-state index is -0.673. The van der Waals surface area contributed by atoms with Crippen molar-refractivity contribution in [2.45, 2.75) is 13.0 Å². The molecule has 0 aliphatic carbocycles. The maximum Gasteiger partial charge on any atom is 0.255 e. The van der Waals surface area contributed by atoms with Crippen molar-refractivity contribution < 1.29 is 9.90 Å². The molecule has 2 aromatic carbocycles. The number of nitrogens with two attached hydrogens (primary N) is 1. The Bertz CT molecular complexity index is 1210. The Morgan fingerprint density at radius 2 is 2.03 bits per heavy atom. The predicted octanol–water partition coefficient (Wildman–Crippen LogP) is 3.52. The molecule has 7 heteroatoms. The minimum absolute atomic E-state index is 0.236. The normalized spacial score (nSPS) is 12.1. The van der Waals surface area contributed by atoms with Crippen molar-refractivity contribution >= 4 is 28.3 Å². The zero-order chi connectivity index (χ0) is 20.5. The zero-order valence-corrected chi connectivity index (χ0v) is 16.1. The van der Waals surface area contributed by atoms with E-state index in [0.717, 1.165) is 16.6 Å². The van der Waals surface area contributed by atoms with Gasteiger partial charge in [-0.25, -0.2) is 4.98 Å². The molecule has 4 N–H and O–H groups in total. The highest BCUT2D eigenvalue weighted by molar-refractivity contribution is 6.05. The van der Waals surface area contributed by atoms with Gasteiger partial charge in [0.25, 0.3) is 5.91 Å². The Morgan fingerprint density at radius 1 is 1.21 bits per heavy atom. The molecule has 0 aliphatic rings. The number of nitrogens with one attached hydrogen (secondary N) is 1. The first kappa shape index (κ1) is 18.6. The van der Waals surface area contributed by atoms with E-state index >= 15 is 0 Å². The highest BCUT2D eigenvalue weighted by atomic mass is 16.3. The van der Waals surface area contributed by atoms with Crippen LogP contribution in [0.5, 0.6) is 0 Å². The van der Waals surface area contributed by atoms with Gasteiger partial charge in [-0.3, -0.25) is 9.78 Å². The molecule has 0 fully saturated rings. The smallest absolute Gasteiger partial charge is 0.255 e. The van der Waals surface area contributed by atoms with Gasteiger partial charge in [0.2, 0.25) is 0 Å². The number of nitrogen functional groups attached to an aromatic ring is 1. The van der Waals surface area contributed by atoms with Crippen LogP contribution < -0.4 is 11.1 Å². The van der Waals surface area contributed by atoms with Crippen LogP contribution in [0, 0.1) is 0 Å². The Kier molecular flexibility index (Phi) is 4.74. The van der Waals surface area contributed by atoms with Crippen LogP contribution in [-0.2, 0) is 7.05 Å². The van der Waals surface area contributed by atoms with Gasteiger partial charge < -0.3 is 20.7 Å². The number of aliphatic hydroxyl groups is 1. The number of pyridine rings is 1. The molecule has 1 amide bonds. The second-order valence-electron chi connectivity index (χ2n) is 6.91. The summed E-state index contributed by atoms with van der Waals surface area (Å²) in [5.74, 6) is 0.338. The second kappa shape index (κ2) is 7.37. The molecule has 0 saturated heterocycles. The molecule has 146 valence electrons. The van der Waals surface area contributed by atoms with Crippen molar-refractivity contribution in [3.05, 3.63) is 72.3 Å². The maximum atomic E-state index is 12.8. The largest absolute Gasteiger partial charge is 0.398 e. The summed E-state index contributed by atoms with van der Waals surface area (Å²) in [7, 11) is 1.85. The molecule has 7 nitrogen and oxygen atoms in total. The van der Waals surface area contributed by atoms with E-state index in [2.05, 4.69) is 15.3 Å². The maximum absolute atomic E-state index is 12.8. The number of nitrogens with zero attached hydrogens (tertiary/aromatic N) is 3. The molecule has 2 heterocycles. The van der Waals surface area contributed by atoms with Gasteiger partial charge in [-0.05, 0) is 48.9 Å². The second-order valence-corrected chi connectivity index (χ2v) is 6.91. The fourth-order valence-corrected chi connectivity index (χ4v) is 3.35. The third kappa shape index (κ3) is 3.55. The molecule has 0 radical (unpaired) electrons. The first-order valence-corrected chi connectivity index (χ1v) is 9.20. The zero-order valence-electron chi connectivity index (χ0n) is 16.1. The number of hydrogen-bond donors (Lipinski definition) is 3. The van der Waals surface area contributed by atoms with E-state index in [9.17, 15) is 9.90 Å². The third-order valence-electron chi connectivity index (χ3n) is 4.84. The van der Waals surface area contributed by atoms with Crippen LogP contribution in [0.25, 0.3) is 22.2 Å². The first-order valence-electron chi connectivity index (χ1n) is 9.20. The van der Waals surface area contributed by atoms with Crippen molar-refractivity contribution in [2.24, 2.45) is 7.05 Å². The molecule has 0 spiro atoms. The lowest BCUT2D eigenvalue weighted by atomic mass is 10.0. The van der Waals surface area contributed by atoms with Gasteiger partial charge in [-0.2, -0.15) is 0 Å². The molecular weight excluding hydrogens is 366 g/mol. The lowest BCUT2D eigenvalue weighted by molar-refractivity contribution is 0.102. The van der Waals surface area contributed by atoms with E-state index in [0.29, 0.717) is 28.3 Å². The number of benzene rings is 2. The van der Waals surface area contributed by atoms with Crippen molar-refractivity contribution in [3.8, 4) is 11.1 Å². The molecule has 29 heavy (non-hydrogen) atoms. The standard InChI is InChI=1S/C22H21N5O2/c1-13(28)21-26-19-11-16(6-7-20(19)27(21)2)25-22(29)15-5-3-4-14(10-15)17-12-24-9-8-18(17)23/h3-13,28H,1-2H3,(H2,23,24)(H,25,29). The fraction of sp³-hybridized carbons (Fsp3) is 0.136. The number of rotatable bonds is 4. The molecular formula is C22H21N5O2. The molecule has 4 aromatic rings. The van der Waals surface area contributed by atoms with Crippen molar-refractivity contribution in [1.29, 1.82) is 0 Å². The Hall–Kier alpha value is -3.71. The Balaban J connectivity index is 1.61. The van der Waals surface area contributed by atoms with Crippen LogP contribution in [0.1, 0.15) is 29.2 Å². The third-order valence-corrected chi connectivity index (χ3v) is 4.84. The van der Waals surface area contributed by atoms with Crippen LogP contribution in [0.2, 0.25) is 0 Å². The summed E-state index contributed by atoms with van der Waals surface area (Å²) in [6.45, 7) is 1.67. The fourth-order valence-electron chi connectivity index (χ4n) is 3.35. The first-order chi connectivity index (χ1) is 13.9. The molecule has 0 aliphatic heterocycles. The topological polar surface area (TPSA) is 106 Å².